The van der Waals surface area contributed by atoms with Crippen LogP contribution in [-0.4, -0.2) is 24.3 Å². The molecule has 0 fully saturated rings. The molecule has 2 heterocycles. The van der Waals surface area contributed by atoms with Gasteiger partial charge >= 0.3 is 0 Å². The molecule has 1 aromatic heterocycles. The van der Waals surface area contributed by atoms with Crippen LogP contribution in [0.3, 0.4) is 0 Å². The highest BCUT2D eigenvalue weighted by Crippen LogP contribution is 2.41. The first-order chi connectivity index (χ1) is 14.4. The lowest BCUT2D eigenvalue weighted by Gasteiger charge is -2.35. The van der Waals surface area contributed by atoms with Gasteiger partial charge in [-0.15, -0.1) is 0 Å². The summed E-state index contributed by atoms with van der Waals surface area (Å²) in [6.45, 7) is 2.36. The van der Waals surface area contributed by atoms with Crippen LogP contribution in [0.4, 0.5) is 4.39 Å². The van der Waals surface area contributed by atoms with Gasteiger partial charge in [-0.25, -0.2) is 12.8 Å². The lowest BCUT2D eigenvalue weighted by Crippen LogP contribution is -2.40. The predicted molar refractivity (Wildman–Crippen MR) is 115 cm³/mol. The standard InChI is InChI=1S/C24H21FN2O2S/c1-16-6-8-17(9-7-16)24-23-21(20-4-2-3-5-22(20)26-23)14-15-27(24)30(28,29)19-12-10-18(25)11-13-19/h2-13,24,26H,14-15H2,1H3. The number of aromatic nitrogens is 1. The molecule has 1 atom stereocenters. The van der Waals surface area contributed by atoms with Crippen LogP contribution >= 0.6 is 0 Å². The lowest BCUT2D eigenvalue weighted by molar-refractivity contribution is 0.340. The van der Waals surface area contributed by atoms with Crippen LogP contribution in [0.25, 0.3) is 10.9 Å². The van der Waals surface area contributed by atoms with Gasteiger partial charge in [-0.2, -0.15) is 4.31 Å². The molecular weight excluding hydrogens is 399 g/mol. The summed E-state index contributed by atoms with van der Waals surface area (Å²) in [4.78, 5) is 3.57. The van der Waals surface area contributed by atoms with Crippen LogP contribution in [0, 0.1) is 12.7 Å². The normalized spacial score (nSPS) is 17.2. The molecular formula is C24H21FN2O2S. The maximum absolute atomic E-state index is 13.6. The van der Waals surface area contributed by atoms with Gasteiger partial charge in [0.1, 0.15) is 5.82 Å². The predicted octanol–water partition coefficient (Wildman–Crippen LogP) is 4.95. The summed E-state index contributed by atoms with van der Waals surface area (Å²) in [6, 6.07) is 20.6. The summed E-state index contributed by atoms with van der Waals surface area (Å²) >= 11 is 0. The van der Waals surface area contributed by atoms with Gasteiger partial charge in [-0.3, -0.25) is 0 Å². The Hall–Kier alpha value is -2.96. The number of hydrogen-bond donors (Lipinski definition) is 1. The largest absolute Gasteiger partial charge is 0.357 e. The van der Waals surface area contributed by atoms with E-state index in [2.05, 4.69) is 11.1 Å². The molecule has 1 aliphatic rings. The minimum atomic E-state index is -3.82. The third kappa shape index (κ3) is 3.04. The van der Waals surface area contributed by atoms with Crippen LogP contribution in [-0.2, 0) is 16.4 Å². The summed E-state index contributed by atoms with van der Waals surface area (Å²) in [5, 5.41) is 1.13. The van der Waals surface area contributed by atoms with Crippen LogP contribution in [0.2, 0.25) is 0 Å². The van der Waals surface area contributed by atoms with Crippen molar-refractivity contribution in [2.45, 2.75) is 24.3 Å². The van der Waals surface area contributed by atoms with Crippen molar-refractivity contribution in [3.63, 3.8) is 0 Å². The van der Waals surface area contributed by atoms with E-state index in [0.717, 1.165) is 33.3 Å². The Morgan fingerprint density at radius 2 is 1.67 bits per heavy atom. The molecule has 4 nitrogen and oxygen atoms in total. The van der Waals surface area contributed by atoms with E-state index in [1.165, 1.54) is 28.6 Å². The van der Waals surface area contributed by atoms with Gasteiger partial charge in [0, 0.05) is 23.1 Å². The van der Waals surface area contributed by atoms with E-state index in [1.807, 2.05) is 49.4 Å². The van der Waals surface area contributed by atoms with Crippen molar-refractivity contribution in [1.29, 1.82) is 0 Å². The first kappa shape index (κ1) is 19.0. The Morgan fingerprint density at radius 1 is 0.967 bits per heavy atom. The van der Waals surface area contributed by atoms with Crippen LogP contribution in [0.1, 0.15) is 28.4 Å². The number of hydrogen-bond acceptors (Lipinski definition) is 2. The van der Waals surface area contributed by atoms with Crippen molar-refractivity contribution in [2.75, 3.05) is 6.54 Å². The number of rotatable bonds is 3. The van der Waals surface area contributed by atoms with E-state index in [0.29, 0.717) is 13.0 Å². The molecule has 30 heavy (non-hydrogen) atoms. The molecule has 0 saturated carbocycles. The molecule has 0 aliphatic carbocycles. The van der Waals surface area contributed by atoms with Crippen molar-refractivity contribution >= 4 is 20.9 Å². The molecule has 0 radical (unpaired) electrons. The van der Waals surface area contributed by atoms with E-state index < -0.39 is 21.9 Å². The number of nitrogens with zero attached hydrogens (tertiary/aromatic N) is 1. The van der Waals surface area contributed by atoms with Gasteiger partial charge in [-0.1, -0.05) is 48.0 Å². The zero-order chi connectivity index (χ0) is 20.9. The molecule has 4 aromatic rings. The fourth-order valence-corrected chi connectivity index (χ4v) is 5.89. The van der Waals surface area contributed by atoms with E-state index >= 15 is 0 Å². The third-order valence-corrected chi connectivity index (χ3v) is 7.68. The van der Waals surface area contributed by atoms with Gasteiger partial charge in [0.25, 0.3) is 0 Å². The number of sulfonamides is 1. The molecule has 3 aromatic carbocycles. The minimum absolute atomic E-state index is 0.0978. The van der Waals surface area contributed by atoms with Gasteiger partial charge < -0.3 is 4.98 Å². The average molecular weight is 421 g/mol. The van der Waals surface area contributed by atoms with Gasteiger partial charge in [0.05, 0.1) is 10.9 Å². The molecule has 0 bridgehead atoms. The fourth-order valence-electron chi connectivity index (χ4n) is 4.30. The van der Waals surface area contributed by atoms with Crippen LogP contribution in [0.15, 0.2) is 77.7 Å². The zero-order valence-corrected chi connectivity index (χ0v) is 17.3. The van der Waals surface area contributed by atoms with Gasteiger partial charge in [0.2, 0.25) is 10.0 Å². The Labute approximate surface area is 175 Å². The lowest BCUT2D eigenvalue weighted by atomic mass is 9.94. The zero-order valence-electron chi connectivity index (χ0n) is 16.5. The third-order valence-electron chi connectivity index (χ3n) is 5.80. The monoisotopic (exact) mass is 420 g/mol. The van der Waals surface area contributed by atoms with Crippen molar-refractivity contribution in [2.24, 2.45) is 0 Å². The first-order valence-corrected chi connectivity index (χ1v) is 11.3. The fraction of sp³-hybridized carbons (Fsp3) is 0.167. The van der Waals surface area contributed by atoms with Crippen LogP contribution < -0.4 is 0 Å². The van der Waals surface area contributed by atoms with Crippen LogP contribution in [0.5, 0.6) is 0 Å². The van der Waals surface area contributed by atoms with Crippen molar-refractivity contribution in [3.05, 3.63) is 101 Å². The average Bonchev–Trinajstić information content (AvgIpc) is 3.13. The number of benzene rings is 3. The molecule has 0 saturated heterocycles. The molecule has 0 spiro atoms. The van der Waals surface area contributed by atoms with Crippen molar-refractivity contribution in [3.8, 4) is 0 Å². The molecule has 6 heteroatoms. The first-order valence-electron chi connectivity index (χ1n) is 9.88. The quantitative estimate of drug-likeness (QED) is 0.510. The second-order valence-electron chi connectivity index (χ2n) is 7.70. The molecule has 1 unspecified atom stereocenters. The topological polar surface area (TPSA) is 53.2 Å². The molecule has 1 N–H and O–H groups in total. The second kappa shape index (κ2) is 7.07. The Bertz CT molecular complexity index is 1330. The van der Waals surface area contributed by atoms with E-state index in [1.54, 1.807) is 0 Å². The number of aromatic amines is 1. The van der Waals surface area contributed by atoms with Gasteiger partial charge in [0.15, 0.2) is 0 Å². The SMILES string of the molecule is Cc1ccc(C2c3[nH]c4ccccc4c3CCN2S(=O)(=O)c2ccc(F)cc2)cc1. The van der Waals surface area contributed by atoms with Crippen molar-refractivity contribution < 1.29 is 12.8 Å². The number of halogens is 1. The summed E-state index contributed by atoms with van der Waals surface area (Å²) in [5.74, 6) is -0.458. The number of para-hydroxylation sites is 1. The Morgan fingerprint density at radius 3 is 2.40 bits per heavy atom. The molecule has 152 valence electrons. The highest BCUT2D eigenvalue weighted by atomic mass is 32.2. The maximum atomic E-state index is 13.6. The van der Waals surface area contributed by atoms with Crippen molar-refractivity contribution in [1.82, 2.24) is 9.29 Å². The minimum Gasteiger partial charge on any atom is -0.357 e. The highest BCUT2D eigenvalue weighted by Gasteiger charge is 2.39. The Balaban J connectivity index is 1.70. The molecule has 0 amide bonds. The second-order valence-corrected chi connectivity index (χ2v) is 9.59. The Kier molecular flexibility index (Phi) is 4.49. The summed E-state index contributed by atoms with van der Waals surface area (Å²) in [5.41, 5.74) is 5.07. The molecule has 5 rings (SSSR count). The van der Waals surface area contributed by atoms with E-state index in [9.17, 15) is 12.8 Å². The summed E-state index contributed by atoms with van der Waals surface area (Å²) in [7, 11) is -3.82. The number of aryl methyl sites for hydroxylation is 1. The number of fused-ring (bicyclic) bond motifs is 3. The number of H-pyrrole nitrogens is 1. The summed E-state index contributed by atoms with van der Waals surface area (Å²) < 4.78 is 42.1. The summed E-state index contributed by atoms with van der Waals surface area (Å²) in [6.07, 6.45) is 0.613. The number of nitrogens with one attached hydrogen (secondary N) is 1. The van der Waals surface area contributed by atoms with E-state index in [4.69, 9.17) is 0 Å². The van der Waals surface area contributed by atoms with Gasteiger partial charge in [-0.05, 0) is 54.8 Å². The highest BCUT2D eigenvalue weighted by molar-refractivity contribution is 7.89. The maximum Gasteiger partial charge on any atom is 0.244 e. The smallest absolute Gasteiger partial charge is 0.244 e. The van der Waals surface area contributed by atoms with E-state index in [-0.39, 0.29) is 4.90 Å². The molecule has 1 aliphatic heterocycles.